The fourth-order valence-electron chi connectivity index (χ4n) is 4.03. The summed E-state index contributed by atoms with van der Waals surface area (Å²) in [6, 6.07) is 2.93. The third-order valence-electron chi connectivity index (χ3n) is 6.00. The van der Waals surface area contributed by atoms with Crippen molar-refractivity contribution < 1.29 is 22.3 Å². The molecule has 2 saturated carbocycles. The third-order valence-corrected chi connectivity index (χ3v) is 8.72. The fraction of sp³-hybridized carbons (Fsp3) is 0.364. The van der Waals surface area contributed by atoms with Crippen LogP contribution < -0.4 is 15.2 Å². The van der Waals surface area contributed by atoms with E-state index in [0.29, 0.717) is 55.1 Å². The molecule has 0 bridgehead atoms. The van der Waals surface area contributed by atoms with Crippen LogP contribution in [0.4, 0.5) is 9.52 Å². The Labute approximate surface area is 199 Å². The van der Waals surface area contributed by atoms with E-state index in [1.165, 1.54) is 18.5 Å². The highest BCUT2D eigenvalue weighted by molar-refractivity contribution is 7.93. The average Bonchev–Trinajstić information content (AvgIpc) is 3.72. The minimum absolute atomic E-state index is 0.233. The molecule has 2 aromatic heterocycles. The Hall–Kier alpha value is -3.12. The monoisotopic (exact) mass is 503 g/mol. The second-order valence-electron chi connectivity index (χ2n) is 8.36. The summed E-state index contributed by atoms with van der Waals surface area (Å²) in [7, 11) is -3.47. The van der Waals surface area contributed by atoms with Crippen LogP contribution in [0.15, 0.2) is 29.9 Å². The molecular formula is C22H22FN5O4S2. The predicted octanol–water partition coefficient (Wildman–Crippen LogP) is 3.22. The number of aromatic nitrogens is 3. The van der Waals surface area contributed by atoms with Gasteiger partial charge in [-0.05, 0) is 38.7 Å². The van der Waals surface area contributed by atoms with Gasteiger partial charge in [0.15, 0.2) is 5.13 Å². The van der Waals surface area contributed by atoms with Gasteiger partial charge in [0.2, 0.25) is 15.9 Å². The fourth-order valence-corrected chi connectivity index (χ4v) is 6.43. The Balaban J connectivity index is 1.60. The first-order valence-electron chi connectivity index (χ1n) is 10.8. The molecule has 0 radical (unpaired) electrons. The van der Waals surface area contributed by atoms with Crippen molar-refractivity contribution in [3.05, 3.63) is 52.5 Å². The van der Waals surface area contributed by atoms with Gasteiger partial charge < -0.3 is 10.5 Å². The molecular weight excluding hydrogens is 481 g/mol. The van der Waals surface area contributed by atoms with E-state index in [0.717, 1.165) is 11.3 Å². The number of benzene rings is 1. The molecule has 1 aromatic carbocycles. The number of rotatable bonds is 9. The van der Waals surface area contributed by atoms with Gasteiger partial charge in [-0.1, -0.05) is 6.07 Å². The molecule has 2 aliphatic rings. The number of ether oxygens (including phenoxy) is 1. The van der Waals surface area contributed by atoms with E-state index in [9.17, 15) is 13.2 Å². The molecule has 0 spiro atoms. The Morgan fingerprint density at radius 1 is 1.29 bits per heavy atom. The number of halogens is 1. The van der Waals surface area contributed by atoms with Crippen molar-refractivity contribution in [1.82, 2.24) is 15.0 Å². The normalized spacial score (nSPS) is 16.8. The van der Waals surface area contributed by atoms with Crippen LogP contribution in [-0.2, 0) is 15.4 Å². The first-order valence-corrected chi connectivity index (χ1v) is 13.2. The zero-order valence-corrected chi connectivity index (χ0v) is 19.9. The van der Waals surface area contributed by atoms with E-state index in [1.807, 2.05) is 6.92 Å². The highest BCUT2D eigenvalue weighted by Gasteiger charge is 2.52. The molecule has 9 nitrogen and oxygen atoms in total. The van der Waals surface area contributed by atoms with Gasteiger partial charge in [-0.3, -0.25) is 14.5 Å². The smallest absolute Gasteiger partial charge is 0.251 e. The molecule has 0 saturated heterocycles. The van der Waals surface area contributed by atoms with E-state index in [1.54, 1.807) is 11.4 Å². The van der Waals surface area contributed by atoms with Crippen molar-refractivity contribution in [2.45, 2.75) is 43.3 Å². The lowest BCUT2D eigenvalue weighted by Gasteiger charge is -2.20. The molecule has 2 aliphatic carbocycles. The van der Waals surface area contributed by atoms with Crippen LogP contribution >= 0.6 is 11.3 Å². The maximum absolute atomic E-state index is 15.8. The van der Waals surface area contributed by atoms with Gasteiger partial charge in [-0.15, -0.1) is 11.3 Å². The molecule has 1 amide bonds. The Kier molecular flexibility index (Phi) is 5.52. The quantitative estimate of drug-likeness (QED) is 0.457. The number of carbonyl (C=O) groups excluding carboxylic acids is 1. The van der Waals surface area contributed by atoms with Crippen LogP contribution in [0.5, 0.6) is 5.88 Å². The molecule has 2 heterocycles. The lowest BCUT2D eigenvalue weighted by molar-refractivity contribution is 0.0996. The zero-order chi connectivity index (χ0) is 24.1. The Morgan fingerprint density at radius 3 is 2.71 bits per heavy atom. The van der Waals surface area contributed by atoms with Crippen LogP contribution in [0.2, 0.25) is 0 Å². The van der Waals surface area contributed by atoms with E-state index < -0.39 is 27.2 Å². The predicted molar refractivity (Wildman–Crippen MR) is 125 cm³/mol. The van der Waals surface area contributed by atoms with Crippen molar-refractivity contribution >= 4 is 32.4 Å². The van der Waals surface area contributed by atoms with Crippen molar-refractivity contribution in [3.8, 4) is 17.1 Å². The first-order chi connectivity index (χ1) is 16.2. The molecule has 178 valence electrons. The highest BCUT2D eigenvalue weighted by atomic mass is 32.2. The Morgan fingerprint density at radius 2 is 2.06 bits per heavy atom. The largest absolute Gasteiger partial charge is 0.477 e. The van der Waals surface area contributed by atoms with E-state index in [2.05, 4.69) is 19.7 Å². The second-order valence-corrected chi connectivity index (χ2v) is 11.2. The number of nitrogens with two attached hydrogens (primary N) is 1. The summed E-state index contributed by atoms with van der Waals surface area (Å²) >= 11 is 1.15. The van der Waals surface area contributed by atoms with E-state index in [-0.39, 0.29) is 21.5 Å². The number of amides is 1. The molecule has 3 aromatic rings. The van der Waals surface area contributed by atoms with Gasteiger partial charge in [0.05, 0.1) is 41.2 Å². The highest BCUT2D eigenvalue weighted by Crippen LogP contribution is 2.57. The summed E-state index contributed by atoms with van der Waals surface area (Å²) < 4.78 is 48.4. The van der Waals surface area contributed by atoms with Crippen molar-refractivity contribution in [1.29, 1.82) is 0 Å². The molecule has 3 N–H and O–H groups in total. The molecule has 12 heteroatoms. The molecule has 0 atom stereocenters. The standard InChI is InChI=1S/C22H22FN5O4S2/c1-2-32-17-10-25-9-15(26-17)13-5-6-14(20(24)29)19(23)18(13)22(7-8-22)16-11-33-21(27-16)28-34(30,31)12-3-4-12/h5-6,9-12H,2-4,7-8H2,1H3,(H2,24,29)(H,27,28). The van der Waals surface area contributed by atoms with Crippen LogP contribution in [-0.4, -0.2) is 41.1 Å². The molecule has 5 rings (SSSR count). The lowest BCUT2D eigenvalue weighted by Crippen LogP contribution is -2.20. The lowest BCUT2D eigenvalue weighted by atomic mass is 9.85. The number of anilines is 1. The van der Waals surface area contributed by atoms with Gasteiger partial charge in [0, 0.05) is 21.9 Å². The maximum Gasteiger partial charge on any atom is 0.251 e. The number of primary amides is 1. The number of hydrogen-bond acceptors (Lipinski definition) is 8. The number of carbonyl (C=O) groups is 1. The minimum Gasteiger partial charge on any atom is -0.477 e. The second kappa shape index (κ2) is 8.27. The van der Waals surface area contributed by atoms with Crippen LogP contribution in [0, 0.1) is 5.82 Å². The third kappa shape index (κ3) is 4.00. The summed E-state index contributed by atoms with van der Waals surface area (Å²) in [5.41, 5.74) is 5.96. The zero-order valence-electron chi connectivity index (χ0n) is 18.2. The average molecular weight is 504 g/mol. The Bertz CT molecular complexity index is 1380. The summed E-state index contributed by atoms with van der Waals surface area (Å²) in [5.74, 6) is -1.33. The van der Waals surface area contributed by atoms with Crippen LogP contribution in [0.1, 0.15) is 54.2 Å². The minimum atomic E-state index is -3.47. The van der Waals surface area contributed by atoms with E-state index in [4.69, 9.17) is 10.5 Å². The SMILES string of the molecule is CCOc1cncc(-c2ccc(C(N)=O)c(F)c2C2(c3csc(NS(=O)(=O)C4CC4)n3)CC2)n1. The van der Waals surface area contributed by atoms with Gasteiger partial charge in [-0.25, -0.2) is 22.8 Å². The van der Waals surface area contributed by atoms with Crippen molar-refractivity contribution in [2.75, 3.05) is 11.3 Å². The summed E-state index contributed by atoms with van der Waals surface area (Å²) in [6.07, 6.45) is 5.36. The summed E-state index contributed by atoms with van der Waals surface area (Å²) in [6.45, 7) is 2.21. The molecule has 0 aliphatic heterocycles. The molecule has 0 unspecified atom stereocenters. The van der Waals surface area contributed by atoms with Crippen molar-refractivity contribution in [2.24, 2.45) is 5.73 Å². The van der Waals surface area contributed by atoms with Crippen LogP contribution in [0.3, 0.4) is 0 Å². The van der Waals surface area contributed by atoms with Gasteiger partial charge in [0.1, 0.15) is 5.82 Å². The number of nitrogens with one attached hydrogen (secondary N) is 1. The first kappa shape index (κ1) is 22.7. The summed E-state index contributed by atoms with van der Waals surface area (Å²) in [5, 5.41) is 1.57. The summed E-state index contributed by atoms with van der Waals surface area (Å²) in [4.78, 5) is 25.0. The number of thiazole rings is 1. The maximum atomic E-state index is 15.8. The molecule has 2 fully saturated rings. The number of hydrogen-bond donors (Lipinski definition) is 2. The molecule has 34 heavy (non-hydrogen) atoms. The topological polar surface area (TPSA) is 137 Å². The van der Waals surface area contributed by atoms with Gasteiger partial charge in [-0.2, -0.15) is 0 Å². The van der Waals surface area contributed by atoms with Gasteiger partial charge >= 0.3 is 0 Å². The van der Waals surface area contributed by atoms with Gasteiger partial charge in [0.25, 0.3) is 5.91 Å². The van der Waals surface area contributed by atoms with Crippen LogP contribution in [0.25, 0.3) is 11.3 Å². The van der Waals surface area contributed by atoms with E-state index >= 15 is 4.39 Å². The number of nitrogens with zero attached hydrogens (tertiary/aromatic N) is 3. The van der Waals surface area contributed by atoms with Crippen molar-refractivity contribution in [3.63, 3.8) is 0 Å². The number of sulfonamides is 1.